The molecule has 0 atom stereocenters. The fourth-order valence-electron chi connectivity index (χ4n) is 3.42. The summed E-state index contributed by atoms with van der Waals surface area (Å²) in [6.45, 7) is 5.96. The van der Waals surface area contributed by atoms with E-state index in [0.29, 0.717) is 28.0 Å². The number of anilines is 1. The fourth-order valence-corrected chi connectivity index (χ4v) is 4.25. The number of hydrogen-bond donors (Lipinski definition) is 1. The highest BCUT2D eigenvalue weighted by Gasteiger charge is 2.17. The summed E-state index contributed by atoms with van der Waals surface area (Å²) in [6.07, 6.45) is 0. The van der Waals surface area contributed by atoms with Gasteiger partial charge >= 0.3 is 0 Å². The Morgan fingerprint density at radius 2 is 1.79 bits per heavy atom. The van der Waals surface area contributed by atoms with Gasteiger partial charge in [0.05, 0.1) is 31.2 Å². The van der Waals surface area contributed by atoms with Crippen molar-refractivity contribution in [2.24, 2.45) is 0 Å². The molecule has 1 amide bonds. The van der Waals surface area contributed by atoms with Gasteiger partial charge in [0.1, 0.15) is 18.1 Å². The topological polar surface area (TPSA) is 95.7 Å². The monoisotopic (exact) mass is 479 g/mol. The molecule has 0 unspecified atom stereocenters. The minimum atomic E-state index is -0.286. The highest BCUT2D eigenvalue weighted by Crippen LogP contribution is 2.33. The van der Waals surface area contributed by atoms with E-state index in [1.807, 2.05) is 45.0 Å². The van der Waals surface area contributed by atoms with Crippen LogP contribution in [0.25, 0.3) is 11.3 Å². The van der Waals surface area contributed by atoms with Gasteiger partial charge in [-0.1, -0.05) is 5.16 Å². The van der Waals surface area contributed by atoms with E-state index in [1.165, 1.54) is 18.4 Å². The third kappa shape index (κ3) is 4.89. The van der Waals surface area contributed by atoms with Gasteiger partial charge in [0, 0.05) is 16.0 Å². The van der Waals surface area contributed by atoms with E-state index in [1.54, 1.807) is 25.3 Å². The maximum atomic E-state index is 12.9. The van der Waals surface area contributed by atoms with E-state index in [-0.39, 0.29) is 12.5 Å². The molecule has 4 rings (SSSR count). The fraction of sp³-hybridized carbons (Fsp3) is 0.240. The number of nitrogens with one attached hydrogen (secondary N) is 1. The third-order valence-corrected chi connectivity index (χ3v) is 6.25. The molecule has 0 spiro atoms. The van der Waals surface area contributed by atoms with Crippen molar-refractivity contribution in [3.63, 3.8) is 0 Å². The SMILES string of the molecule is COc1ccc(-c2nc(NC(=O)c3ccc(OCc4c(C)noc4C)c(OC)c3)sc2C)cc1. The number of carbonyl (C=O) groups excluding carboxylic acids is 1. The quantitative estimate of drug-likeness (QED) is 0.353. The molecule has 0 aliphatic carbocycles. The lowest BCUT2D eigenvalue weighted by molar-refractivity contribution is 0.102. The number of aryl methyl sites for hydroxylation is 3. The van der Waals surface area contributed by atoms with Crippen LogP contribution in [-0.4, -0.2) is 30.3 Å². The van der Waals surface area contributed by atoms with E-state index in [9.17, 15) is 4.79 Å². The van der Waals surface area contributed by atoms with E-state index in [2.05, 4.69) is 15.5 Å². The van der Waals surface area contributed by atoms with Crippen LogP contribution in [0.1, 0.15) is 32.3 Å². The molecule has 2 heterocycles. The lowest BCUT2D eigenvalue weighted by atomic mass is 10.1. The van der Waals surface area contributed by atoms with E-state index < -0.39 is 0 Å². The van der Waals surface area contributed by atoms with Crippen LogP contribution in [0, 0.1) is 20.8 Å². The number of carbonyl (C=O) groups is 1. The van der Waals surface area contributed by atoms with Crippen molar-refractivity contribution < 1.29 is 23.5 Å². The van der Waals surface area contributed by atoms with E-state index in [0.717, 1.165) is 33.1 Å². The molecule has 2 aromatic heterocycles. The molecule has 1 N–H and O–H groups in total. The first-order valence-corrected chi connectivity index (χ1v) is 11.4. The van der Waals surface area contributed by atoms with Crippen LogP contribution in [0.4, 0.5) is 5.13 Å². The first kappa shape index (κ1) is 23.3. The lowest BCUT2D eigenvalue weighted by Crippen LogP contribution is -2.12. The van der Waals surface area contributed by atoms with Crippen molar-refractivity contribution in [1.82, 2.24) is 10.1 Å². The van der Waals surface area contributed by atoms with Crippen molar-refractivity contribution in [1.29, 1.82) is 0 Å². The van der Waals surface area contributed by atoms with Crippen LogP contribution in [0.15, 0.2) is 47.0 Å². The van der Waals surface area contributed by atoms with Gasteiger partial charge in [0.25, 0.3) is 5.91 Å². The number of hydrogen-bond acceptors (Lipinski definition) is 8. The maximum Gasteiger partial charge on any atom is 0.257 e. The molecule has 0 saturated carbocycles. The van der Waals surface area contributed by atoms with Gasteiger partial charge in [-0.25, -0.2) is 4.98 Å². The minimum absolute atomic E-state index is 0.286. The van der Waals surface area contributed by atoms with Crippen molar-refractivity contribution >= 4 is 22.4 Å². The number of rotatable bonds is 8. The summed E-state index contributed by atoms with van der Waals surface area (Å²) < 4.78 is 21.7. The average Bonchev–Trinajstić information content (AvgIpc) is 3.37. The molecular formula is C25H25N3O5S. The Morgan fingerprint density at radius 1 is 1.03 bits per heavy atom. The molecule has 0 fully saturated rings. The largest absolute Gasteiger partial charge is 0.497 e. The van der Waals surface area contributed by atoms with Gasteiger partial charge in [0.15, 0.2) is 16.6 Å². The second kappa shape index (κ2) is 9.96. The van der Waals surface area contributed by atoms with Crippen molar-refractivity contribution in [2.75, 3.05) is 19.5 Å². The summed E-state index contributed by atoms with van der Waals surface area (Å²) in [7, 11) is 3.16. The molecule has 8 nitrogen and oxygen atoms in total. The molecule has 0 saturated heterocycles. The molecule has 0 radical (unpaired) electrons. The van der Waals surface area contributed by atoms with Crippen LogP contribution >= 0.6 is 11.3 Å². The van der Waals surface area contributed by atoms with Gasteiger partial charge in [-0.2, -0.15) is 0 Å². The van der Waals surface area contributed by atoms with E-state index >= 15 is 0 Å². The van der Waals surface area contributed by atoms with Crippen LogP contribution in [0.3, 0.4) is 0 Å². The predicted octanol–water partition coefficient (Wildman–Crippen LogP) is 5.57. The number of methoxy groups -OCH3 is 2. The van der Waals surface area contributed by atoms with Gasteiger partial charge < -0.3 is 18.7 Å². The Morgan fingerprint density at radius 3 is 2.44 bits per heavy atom. The Kier molecular flexibility index (Phi) is 6.83. The molecule has 34 heavy (non-hydrogen) atoms. The summed E-state index contributed by atoms with van der Waals surface area (Å²) in [6, 6.07) is 12.7. The Balaban J connectivity index is 1.47. The van der Waals surface area contributed by atoms with Gasteiger partial charge in [-0.3, -0.25) is 10.1 Å². The molecule has 9 heteroatoms. The average molecular weight is 480 g/mol. The van der Waals surface area contributed by atoms with Crippen molar-refractivity contribution in [2.45, 2.75) is 27.4 Å². The molecule has 176 valence electrons. The number of benzene rings is 2. The second-order valence-corrected chi connectivity index (χ2v) is 8.77. The first-order valence-electron chi connectivity index (χ1n) is 10.6. The van der Waals surface area contributed by atoms with Crippen LogP contribution in [0.2, 0.25) is 0 Å². The molecule has 2 aromatic carbocycles. The maximum absolute atomic E-state index is 12.9. The second-order valence-electron chi connectivity index (χ2n) is 7.56. The van der Waals surface area contributed by atoms with Crippen LogP contribution in [0.5, 0.6) is 17.2 Å². The summed E-state index contributed by atoms with van der Waals surface area (Å²) in [4.78, 5) is 18.5. The summed E-state index contributed by atoms with van der Waals surface area (Å²) >= 11 is 1.42. The molecule has 4 aromatic rings. The van der Waals surface area contributed by atoms with Crippen LogP contribution in [-0.2, 0) is 6.61 Å². The number of aromatic nitrogens is 2. The Bertz CT molecular complexity index is 1290. The van der Waals surface area contributed by atoms with Crippen LogP contribution < -0.4 is 19.5 Å². The Labute approximate surface area is 201 Å². The number of thiazole rings is 1. The zero-order valence-electron chi connectivity index (χ0n) is 19.6. The Hall–Kier alpha value is -3.85. The predicted molar refractivity (Wildman–Crippen MR) is 130 cm³/mol. The summed E-state index contributed by atoms with van der Waals surface area (Å²) in [5, 5.41) is 7.33. The molecular weight excluding hydrogens is 454 g/mol. The molecule has 0 aliphatic heterocycles. The van der Waals surface area contributed by atoms with Crippen molar-refractivity contribution in [3.8, 4) is 28.5 Å². The van der Waals surface area contributed by atoms with Gasteiger partial charge in [0.2, 0.25) is 0 Å². The highest BCUT2D eigenvalue weighted by atomic mass is 32.1. The number of ether oxygens (including phenoxy) is 3. The normalized spacial score (nSPS) is 10.7. The van der Waals surface area contributed by atoms with Gasteiger partial charge in [-0.15, -0.1) is 11.3 Å². The third-order valence-electron chi connectivity index (χ3n) is 5.36. The zero-order chi connectivity index (χ0) is 24.2. The van der Waals surface area contributed by atoms with E-state index in [4.69, 9.17) is 18.7 Å². The smallest absolute Gasteiger partial charge is 0.257 e. The first-order chi connectivity index (χ1) is 16.4. The summed E-state index contributed by atoms with van der Waals surface area (Å²) in [5.41, 5.74) is 3.87. The lowest BCUT2D eigenvalue weighted by Gasteiger charge is -2.12. The van der Waals surface area contributed by atoms with Gasteiger partial charge in [-0.05, 0) is 63.2 Å². The summed E-state index contributed by atoms with van der Waals surface area (Å²) in [5.74, 6) is 2.17. The minimum Gasteiger partial charge on any atom is -0.497 e. The standard InChI is InChI=1S/C25H25N3O5S/c1-14-20(15(2)33-28-14)13-32-21-11-8-18(12-22(21)31-5)24(29)27-25-26-23(16(3)34-25)17-6-9-19(30-4)10-7-17/h6-12H,13H2,1-5H3,(H,26,27,29). The zero-order valence-corrected chi connectivity index (χ0v) is 20.4. The highest BCUT2D eigenvalue weighted by molar-refractivity contribution is 7.16. The number of nitrogens with zero attached hydrogens (tertiary/aromatic N) is 2. The number of amides is 1. The van der Waals surface area contributed by atoms with Crippen molar-refractivity contribution in [3.05, 3.63) is 69.9 Å². The molecule has 0 aliphatic rings. The molecule has 0 bridgehead atoms.